The predicted octanol–water partition coefficient (Wildman–Crippen LogP) is 4.25. The van der Waals surface area contributed by atoms with Crippen LogP contribution in [0.15, 0.2) is 53.2 Å². The van der Waals surface area contributed by atoms with E-state index in [0.717, 1.165) is 30.8 Å². The van der Waals surface area contributed by atoms with Gasteiger partial charge in [0, 0.05) is 29.4 Å². The number of hydrogen-bond donors (Lipinski definition) is 1. The van der Waals surface area contributed by atoms with Gasteiger partial charge in [0.25, 0.3) is 17.7 Å². The van der Waals surface area contributed by atoms with E-state index in [9.17, 15) is 14.4 Å². The van der Waals surface area contributed by atoms with Gasteiger partial charge in [0.1, 0.15) is 10.7 Å². The van der Waals surface area contributed by atoms with Crippen molar-refractivity contribution in [3.8, 4) is 0 Å². The van der Waals surface area contributed by atoms with Gasteiger partial charge < -0.3 is 15.1 Å². The summed E-state index contributed by atoms with van der Waals surface area (Å²) in [6.45, 7) is 3.68. The largest absolute Gasteiger partial charge is 0.350 e. The lowest BCUT2D eigenvalue weighted by Gasteiger charge is -2.35. The van der Waals surface area contributed by atoms with Crippen molar-refractivity contribution in [2.45, 2.75) is 25.8 Å². The number of nitrogens with one attached hydrogen (secondary N) is 1. The smallest absolute Gasteiger partial charge is 0.283 e. The lowest BCUT2D eigenvalue weighted by Crippen LogP contribution is -2.44. The molecule has 0 spiro atoms. The Morgan fingerprint density at radius 1 is 1.03 bits per heavy atom. The average Bonchev–Trinajstić information content (AvgIpc) is 3.04. The minimum atomic E-state index is -0.619. The highest BCUT2D eigenvalue weighted by atomic mass is 35.5. The Balaban J connectivity index is 1.48. The fourth-order valence-corrected chi connectivity index (χ4v) is 4.64. The second-order valence-electron chi connectivity index (χ2n) is 8.67. The van der Waals surface area contributed by atoms with Crippen molar-refractivity contribution in [2.75, 3.05) is 37.4 Å². The third-order valence-electron chi connectivity index (χ3n) is 6.46. The molecule has 1 fully saturated rings. The van der Waals surface area contributed by atoms with Crippen LogP contribution in [0.2, 0.25) is 5.02 Å². The van der Waals surface area contributed by atoms with Crippen LogP contribution in [0.1, 0.15) is 28.8 Å². The van der Waals surface area contributed by atoms with Crippen molar-refractivity contribution < 1.29 is 14.4 Å². The molecule has 0 atom stereocenters. The molecule has 0 bridgehead atoms. The lowest BCUT2D eigenvalue weighted by atomic mass is 10.0. The molecule has 7 nitrogen and oxygen atoms in total. The molecule has 1 saturated heterocycles. The highest BCUT2D eigenvalue weighted by Crippen LogP contribution is 2.34. The van der Waals surface area contributed by atoms with E-state index in [-0.39, 0.29) is 22.7 Å². The van der Waals surface area contributed by atoms with Crippen molar-refractivity contribution in [3.63, 3.8) is 0 Å². The summed E-state index contributed by atoms with van der Waals surface area (Å²) < 4.78 is 0. The van der Waals surface area contributed by atoms with Gasteiger partial charge in [-0.25, -0.2) is 4.90 Å². The molecule has 0 aliphatic carbocycles. The number of imide groups is 1. The fourth-order valence-electron chi connectivity index (χ4n) is 4.26. The van der Waals surface area contributed by atoms with Gasteiger partial charge in [0.2, 0.25) is 0 Å². The zero-order chi connectivity index (χ0) is 24.6. The second kappa shape index (κ2) is 9.78. The number of halogens is 2. The van der Waals surface area contributed by atoms with E-state index < -0.39 is 11.8 Å². The van der Waals surface area contributed by atoms with Gasteiger partial charge >= 0.3 is 0 Å². The van der Waals surface area contributed by atoms with Crippen molar-refractivity contribution in [2.24, 2.45) is 0 Å². The molecule has 0 saturated carbocycles. The van der Waals surface area contributed by atoms with Crippen LogP contribution >= 0.6 is 23.2 Å². The molecule has 2 aliphatic rings. The molecular formula is C25H26Cl2N4O3. The molecule has 0 radical (unpaired) electrons. The molecule has 34 heavy (non-hydrogen) atoms. The first kappa shape index (κ1) is 24.3. The predicted molar refractivity (Wildman–Crippen MR) is 134 cm³/mol. The Hall–Kier alpha value is -2.87. The number of benzene rings is 2. The van der Waals surface area contributed by atoms with Gasteiger partial charge in [0.15, 0.2) is 0 Å². The third-order valence-corrected chi connectivity index (χ3v) is 7.22. The van der Waals surface area contributed by atoms with E-state index in [4.69, 9.17) is 23.2 Å². The maximum atomic E-state index is 13.1. The SMILES string of the molecule is Cc1c(Cl)cccc1N1C(=O)C(Cl)=C(Nc2ccc(C(=O)N(C)C3CCN(C)CC3)cc2)C1=O. The fraction of sp³-hybridized carbons (Fsp3) is 0.320. The molecule has 2 aromatic rings. The monoisotopic (exact) mass is 500 g/mol. The number of rotatable bonds is 5. The molecule has 0 aromatic heterocycles. The molecular weight excluding hydrogens is 475 g/mol. The Morgan fingerprint density at radius 2 is 1.68 bits per heavy atom. The number of carbonyl (C=O) groups is 3. The van der Waals surface area contributed by atoms with E-state index >= 15 is 0 Å². The normalized spacial score (nSPS) is 17.5. The van der Waals surface area contributed by atoms with Gasteiger partial charge in [-0.1, -0.05) is 29.3 Å². The standard InChI is InChI=1S/C25H26Cl2N4O3/c1-15-19(26)5-4-6-20(15)31-24(33)21(27)22(25(31)34)28-17-9-7-16(8-10-17)23(32)30(3)18-11-13-29(2)14-12-18/h4-10,18,28H,11-14H2,1-3H3. The van der Waals surface area contributed by atoms with Crippen LogP contribution in [0.4, 0.5) is 11.4 Å². The zero-order valence-electron chi connectivity index (χ0n) is 19.3. The summed E-state index contributed by atoms with van der Waals surface area (Å²) in [6, 6.07) is 12.0. The average molecular weight is 501 g/mol. The van der Waals surface area contributed by atoms with Gasteiger partial charge in [-0.05, 0) is 81.9 Å². The molecule has 3 amide bonds. The maximum Gasteiger partial charge on any atom is 0.283 e. The quantitative estimate of drug-likeness (QED) is 0.621. The van der Waals surface area contributed by atoms with E-state index in [1.165, 1.54) is 0 Å². The van der Waals surface area contributed by atoms with Gasteiger partial charge in [-0.15, -0.1) is 0 Å². The molecule has 2 aliphatic heterocycles. The molecule has 0 unspecified atom stereocenters. The Bertz CT molecular complexity index is 1170. The molecule has 2 heterocycles. The van der Waals surface area contributed by atoms with Gasteiger partial charge in [-0.3, -0.25) is 14.4 Å². The molecule has 4 rings (SSSR count). The second-order valence-corrected chi connectivity index (χ2v) is 9.46. The number of carbonyl (C=O) groups excluding carboxylic acids is 3. The van der Waals surface area contributed by atoms with Crippen molar-refractivity contribution in [3.05, 3.63) is 69.3 Å². The Morgan fingerprint density at radius 3 is 2.32 bits per heavy atom. The van der Waals surface area contributed by atoms with Crippen LogP contribution in [0.5, 0.6) is 0 Å². The van der Waals surface area contributed by atoms with Crippen LogP contribution in [-0.4, -0.2) is 60.7 Å². The first-order chi connectivity index (χ1) is 16.2. The minimum Gasteiger partial charge on any atom is -0.350 e. The van der Waals surface area contributed by atoms with Crippen LogP contribution in [-0.2, 0) is 9.59 Å². The number of likely N-dealkylation sites (tertiary alicyclic amines) is 1. The zero-order valence-corrected chi connectivity index (χ0v) is 20.8. The molecule has 1 N–H and O–H groups in total. The topological polar surface area (TPSA) is 73.0 Å². The molecule has 178 valence electrons. The summed E-state index contributed by atoms with van der Waals surface area (Å²) in [6.07, 6.45) is 1.90. The molecule has 9 heteroatoms. The number of nitrogens with zero attached hydrogens (tertiary/aromatic N) is 3. The van der Waals surface area contributed by atoms with Crippen LogP contribution < -0.4 is 10.2 Å². The Kier molecular flexibility index (Phi) is 6.98. The molecule has 2 aromatic carbocycles. The van der Waals surface area contributed by atoms with Crippen LogP contribution in [0.25, 0.3) is 0 Å². The van der Waals surface area contributed by atoms with Gasteiger partial charge in [-0.2, -0.15) is 0 Å². The van der Waals surface area contributed by atoms with Crippen LogP contribution in [0.3, 0.4) is 0 Å². The highest BCUT2D eigenvalue weighted by molar-refractivity contribution is 6.53. The number of hydrogen-bond acceptors (Lipinski definition) is 5. The summed E-state index contributed by atoms with van der Waals surface area (Å²) in [4.78, 5) is 43.8. The summed E-state index contributed by atoms with van der Waals surface area (Å²) in [7, 11) is 3.92. The summed E-state index contributed by atoms with van der Waals surface area (Å²) in [5, 5.41) is 3.18. The first-order valence-electron chi connectivity index (χ1n) is 11.1. The van der Waals surface area contributed by atoms with E-state index in [1.54, 1.807) is 54.3 Å². The van der Waals surface area contributed by atoms with Crippen molar-refractivity contribution in [1.82, 2.24) is 9.80 Å². The highest BCUT2D eigenvalue weighted by Gasteiger charge is 2.39. The minimum absolute atomic E-state index is 0.0198. The van der Waals surface area contributed by atoms with Crippen molar-refractivity contribution in [1.29, 1.82) is 0 Å². The summed E-state index contributed by atoms with van der Waals surface area (Å²) in [5.74, 6) is -1.23. The first-order valence-corrected chi connectivity index (χ1v) is 11.8. The number of piperidine rings is 1. The maximum absolute atomic E-state index is 13.1. The summed E-state index contributed by atoms with van der Waals surface area (Å²) in [5.41, 5.74) is 2.06. The summed E-state index contributed by atoms with van der Waals surface area (Å²) >= 11 is 12.4. The van der Waals surface area contributed by atoms with E-state index in [1.807, 2.05) is 7.05 Å². The lowest BCUT2D eigenvalue weighted by molar-refractivity contribution is -0.120. The number of anilines is 2. The number of amides is 3. The Labute approximate surface area is 208 Å². The van der Waals surface area contributed by atoms with Crippen LogP contribution in [0, 0.1) is 6.92 Å². The van der Waals surface area contributed by atoms with Crippen molar-refractivity contribution >= 4 is 52.3 Å². The third kappa shape index (κ3) is 4.56. The van der Waals surface area contributed by atoms with E-state index in [0.29, 0.717) is 27.5 Å². The van der Waals surface area contributed by atoms with Gasteiger partial charge in [0.05, 0.1) is 5.69 Å². The van der Waals surface area contributed by atoms with E-state index in [2.05, 4.69) is 17.3 Å².